The number of nitriles is 1. The summed E-state index contributed by atoms with van der Waals surface area (Å²) in [5.41, 5.74) is 6.16. The van der Waals surface area contributed by atoms with Crippen LogP contribution in [0.4, 0.5) is 5.82 Å². The van der Waals surface area contributed by atoms with Gasteiger partial charge in [0.2, 0.25) is 0 Å². The predicted molar refractivity (Wildman–Crippen MR) is 68.3 cm³/mol. The summed E-state index contributed by atoms with van der Waals surface area (Å²) in [4.78, 5) is 14.3. The second kappa shape index (κ2) is 4.40. The van der Waals surface area contributed by atoms with Crippen molar-refractivity contribution in [2.45, 2.75) is 12.5 Å². The summed E-state index contributed by atoms with van der Waals surface area (Å²) >= 11 is 0. The highest BCUT2D eigenvalue weighted by molar-refractivity contribution is 5.88. The van der Waals surface area contributed by atoms with Crippen LogP contribution in [0.2, 0.25) is 0 Å². The maximum atomic E-state index is 11.8. The first-order valence-corrected chi connectivity index (χ1v) is 6.05. The lowest BCUT2D eigenvalue weighted by molar-refractivity contribution is 0.0359. The number of hydrogen-bond donors (Lipinski definition) is 2. The Morgan fingerprint density at radius 3 is 3.26 bits per heavy atom. The topological polar surface area (TPSA) is 110 Å². The number of fused-ring (bicyclic) bond motifs is 1. The smallest absolute Gasteiger partial charge is 0.261 e. The summed E-state index contributed by atoms with van der Waals surface area (Å²) in [5.74, 6) is -0.00495. The normalized spacial score (nSPS) is 23.3. The Kier molecular flexibility index (Phi) is 2.72. The van der Waals surface area contributed by atoms with E-state index in [1.54, 1.807) is 16.9 Å². The van der Waals surface area contributed by atoms with E-state index in [0.29, 0.717) is 30.5 Å². The molecule has 3 rings (SSSR count). The number of pyridine rings is 1. The summed E-state index contributed by atoms with van der Waals surface area (Å²) in [6.07, 6.45) is 2.21. The Labute approximate surface area is 108 Å². The van der Waals surface area contributed by atoms with E-state index in [9.17, 15) is 10.1 Å². The molecule has 98 valence electrons. The predicted octanol–water partition coefficient (Wildman–Crippen LogP) is 0.408. The van der Waals surface area contributed by atoms with Crippen molar-refractivity contribution in [2.75, 3.05) is 18.9 Å². The molecule has 0 spiro atoms. The van der Waals surface area contributed by atoms with Crippen LogP contribution in [0.25, 0.3) is 10.9 Å². The average molecular weight is 259 g/mol. The van der Waals surface area contributed by atoms with Crippen molar-refractivity contribution in [2.24, 2.45) is 5.92 Å². The minimum atomic E-state index is -0.272. The van der Waals surface area contributed by atoms with Crippen LogP contribution in [0, 0.1) is 17.2 Å². The minimum Gasteiger partial charge on any atom is -0.382 e. The lowest BCUT2D eigenvalue weighted by atomic mass is 9.96. The van der Waals surface area contributed by atoms with Gasteiger partial charge in [-0.3, -0.25) is 9.48 Å². The average Bonchev–Trinajstić information content (AvgIpc) is 2.77. The van der Waals surface area contributed by atoms with Crippen molar-refractivity contribution in [3.63, 3.8) is 0 Å². The maximum Gasteiger partial charge on any atom is 0.261 e. The molecular weight excluding hydrogens is 246 g/mol. The third-order valence-electron chi connectivity index (χ3n) is 3.46. The van der Waals surface area contributed by atoms with Crippen LogP contribution in [0.15, 0.2) is 17.1 Å². The fraction of sp³-hybridized carbons (Fsp3) is 0.417. The largest absolute Gasteiger partial charge is 0.382 e. The number of aromatic amines is 1. The minimum absolute atomic E-state index is 0.180. The highest BCUT2D eigenvalue weighted by Crippen LogP contribution is 2.29. The highest BCUT2D eigenvalue weighted by atomic mass is 16.5. The van der Waals surface area contributed by atoms with Gasteiger partial charge < -0.3 is 15.5 Å². The molecule has 2 atom stereocenters. The van der Waals surface area contributed by atoms with Crippen LogP contribution in [0.5, 0.6) is 0 Å². The van der Waals surface area contributed by atoms with Gasteiger partial charge in [0.25, 0.3) is 5.56 Å². The molecule has 0 saturated carbocycles. The van der Waals surface area contributed by atoms with E-state index in [1.165, 1.54) is 0 Å². The van der Waals surface area contributed by atoms with E-state index in [1.807, 2.05) is 0 Å². The van der Waals surface area contributed by atoms with Gasteiger partial charge in [-0.15, -0.1) is 0 Å². The fourth-order valence-corrected chi connectivity index (χ4v) is 2.49. The van der Waals surface area contributed by atoms with Gasteiger partial charge in [-0.25, -0.2) is 0 Å². The van der Waals surface area contributed by atoms with Gasteiger partial charge in [-0.05, 0) is 12.5 Å². The van der Waals surface area contributed by atoms with Crippen molar-refractivity contribution in [1.82, 2.24) is 14.8 Å². The van der Waals surface area contributed by atoms with Gasteiger partial charge >= 0.3 is 0 Å². The van der Waals surface area contributed by atoms with Crippen molar-refractivity contribution < 1.29 is 4.74 Å². The zero-order valence-electron chi connectivity index (χ0n) is 10.2. The van der Waals surface area contributed by atoms with E-state index < -0.39 is 0 Å². The summed E-state index contributed by atoms with van der Waals surface area (Å²) in [6.45, 7) is 0.977. The monoisotopic (exact) mass is 259 g/mol. The lowest BCUT2D eigenvalue weighted by Crippen LogP contribution is -2.30. The van der Waals surface area contributed by atoms with E-state index in [0.717, 1.165) is 0 Å². The first kappa shape index (κ1) is 11.7. The standard InChI is InChI=1S/C12H13N5O2/c13-5-7-2-4-19-6-9(7)17-8-1-3-15-12(18)10(8)11(14)16-17/h1,3,7,9H,2,4,6H2,(H2,14,16)(H,15,18). The lowest BCUT2D eigenvalue weighted by Gasteiger charge is -2.27. The Balaban J connectivity index is 2.18. The number of H-pyrrole nitrogens is 1. The van der Waals surface area contributed by atoms with Crippen molar-refractivity contribution >= 4 is 16.7 Å². The number of nitrogens with zero attached hydrogens (tertiary/aromatic N) is 3. The first-order valence-electron chi connectivity index (χ1n) is 6.05. The molecule has 1 saturated heterocycles. The van der Waals surface area contributed by atoms with Crippen LogP contribution in [0.1, 0.15) is 12.5 Å². The van der Waals surface area contributed by atoms with Crippen molar-refractivity contribution in [3.05, 3.63) is 22.6 Å². The number of ether oxygens (including phenoxy) is 1. The molecule has 0 aliphatic carbocycles. The van der Waals surface area contributed by atoms with Crippen molar-refractivity contribution in [3.8, 4) is 6.07 Å². The maximum absolute atomic E-state index is 11.8. The van der Waals surface area contributed by atoms with Crippen LogP contribution in [-0.2, 0) is 4.74 Å². The molecule has 1 fully saturated rings. The summed E-state index contributed by atoms with van der Waals surface area (Å²) < 4.78 is 7.06. The van der Waals surface area contributed by atoms with Gasteiger partial charge in [-0.2, -0.15) is 10.4 Å². The third-order valence-corrected chi connectivity index (χ3v) is 3.46. The van der Waals surface area contributed by atoms with Crippen LogP contribution in [-0.4, -0.2) is 28.0 Å². The quantitative estimate of drug-likeness (QED) is 0.770. The van der Waals surface area contributed by atoms with E-state index in [2.05, 4.69) is 16.2 Å². The van der Waals surface area contributed by atoms with E-state index >= 15 is 0 Å². The molecule has 1 aliphatic rings. The molecule has 3 heterocycles. The Morgan fingerprint density at radius 1 is 1.63 bits per heavy atom. The molecule has 0 bridgehead atoms. The van der Waals surface area contributed by atoms with Crippen molar-refractivity contribution in [1.29, 1.82) is 5.26 Å². The summed E-state index contributed by atoms with van der Waals surface area (Å²) in [6, 6.07) is 3.80. The zero-order valence-corrected chi connectivity index (χ0v) is 10.2. The van der Waals surface area contributed by atoms with Gasteiger partial charge in [0.1, 0.15) is 5.39 Å². The molecule has 7 nitrogen and oxygen atoms in total. The Morgan fingerprint density at radius 2 is 2.47 bits per heavy atom. The molecule has 0 radical (unpaired) electrons. The Bertz CT molecular complexity index is 711. The summed E-state index contributed by atoms with van der Waals surface area (Å²) in [7, 11) is 0. The number of hydrogen-bond acceptors (Lipinski definition) is 5. The molecule has 1 aliphatic heterocycles. The molecule has 3 N–H and O–H groups in total. The molecule has 2 unspecified atom stereocenters. The molecule has 19 heavy (non-hydrogen) atoms. The molecule has 7 heteroatoms. The molecule has 2 aromatic heterocycles. The number of nitrogens with two attached hydrogens (primary N) is 1. The van der Waals surface area contributed by atoms with Gasteiger partial charge in [0, 0.05) is 12.8 Å². The second-order valence-corrected chi connectivity index (χ2v) is 4.56. The first-order chi connectivity index (χ1) is 9.22. The number of aromatic nitrogens is 3. The van der Waals surface area contributed by atoms with E-state index in [4.69, 9.17) is 10.5 Å². The van der Waals surface area contributed by atoms with Gasteiger partial charge in [0.15, 0.2) is 5.82 Å². The molecule has 2 aromatic rings. The number of rotatable bonds is 1. The number of nitrogens with one attached hydrogen (secondary N) is 1. The van der Waals surface area contributed by atoms with Gasteiger partial charge in [-0.1, -0.05) is 0 Å². The van der Waals surface area contributed by atoms with Crippen LogP contribution < -0.4 is 11.3 Å². The van der Waals surface area contributed by atoms with Crippen LogP contribution >= 0.6 is 0 Å². The molecule has 0 amide bonds. The van der Waals surface area contributed by atoms with Crippen LogP contribution in [0.3, 0.4) is 0 Å². The van der Waals surface area contributed by atoms with Gasteiger partial charge in [0.05, 0.1) is 30.2 Å². The number of anilines is 1. The number of nitrogen functional groups attached to an aromatic ring is 1. The molecule has 0 aromatic carbocycles. The zero-order chi connectivity index (χ0) is 13.4. The molecular formula is C12H13N5O2. The fourth-order valence-electron chi connectivity index (χ4n) is 2.49. The highest BCUT2D eigenvalue weighted by Gasteiger charge is 2.30. The SMILES string of the molecule is N#CC1CCOCC1n1nc(N)c2c(=O)[nH]ccc21. The summed E-state index contributed by atoms with van der Waals surface area (Å²) in [5, 5.41) is 13.8. The third kappa shape index (κ3) is 1.77. The Hall–Kier alpha value is -2.33. The van der Waals surface area contributed by atoms with E-state index in [-0.39, 0.29) is 23.3 Å². The second-order valence-electron chi connectivity index (χ2n) is 4.56.